The van der Waals surface area contributed by atoms with Crippen molar-refractivity contribution in [3.05, 3.63) is 5.92 Å². The van der Waals surface area contributed by atoms with Gasteiger partial charge in [0.1, 0.15) is 0 Å². The average molecular weight is 300 g/mol. The quantitative estimate of drug-likeness (QED) is 0.522. The Balaban J connectivity index is 2.34. The largest absolute Gasteiger partial charge is 0.387 e. The van der Waals surface area contributed by atoms with Crippen LogP contribution in [0, 0.1) is 5.92 Å². The number of rotatable bonds is 9. The summed E-state index contributed by atoms with van der Waals surface area (Å²) in [4.78, 5) is 0. The third-order valence-corrected chi connectivity index (χ3v) is 7.00. The summed E-state index contributed by atoms with van der Waals surface area (Å²) < 4.78 is 6.00. The molecule has 1 fully saturated rings. The molecule has 1 radical (unpaired) electrons. The van der Waals surface area contributed by atoms with Crippen molar-refractivity contribution < 1.29 is 9.84 Å². The molecule has 2 nitrogen and oxygen atoms in total. The van der Waals surface area contributed by atoms with Gasteiger partial charge in [-0.05, 0) is 32.6 Å². The summed E-state index contributed by atoms with van der Waals surface area (Å²) in [6.45, 7) is 7.19. The van der Waals surface area contributed by atoms with Crippen molar-refractivity contribution >= 4 is 10.2 Å². The van der Waals surface area contributed by atoms with E-state index < -0.39 is 5.60 Å². The highest BCUT2D eigenvalue weighted by Gasteiger charge is 2.48. The maximum atomic E-state index is 11.0. The fraction of sp³-hybridized carbons (Fsp3) is 0.941. The van der Waals surface area contributed by atoms with E-state index in [9.17, 15) is 5.11 Å². The fourth-order valence-corrected chi connectivity index (χ4v) is 4.17. The van der Waals surface area contributed by atoms with Crippen molar-refractivity contribution in [3.8, 4) is 0 Å². The highest BCUT2D eigenvalue weighted by molar-refractivity contribution is 6.15. The van der Waals surface area contributed by atoms with Crippen molar-refractivity contribution in [1.29, 1.82) is 0 Å². The van der Waals surface area contributed by atoms with Gasteiger partial charge in [0.25, 0.3) is 0 Å². The van der Waals surface area contributed by atoms with Crippen molar-refractivity contribution in [1.82, 2.24) is 0 Å². The Hall–Kier alpha value is 0.137. The van der Waals surface area contributed by atoms with Crippen LogP contribution >= 0.6 is 0 Å². The van der Waals surface area contributed by atoms with Crippen LogP contribution < -0.4 is 0 Å². The predicted molar refractivity (Wildman–Crippen MR) is 90.0 cm³/mol. The highest BCUT2D eigenvalue weighted by atomic mass is 28.1. The number of unbranched alkanes of at least 4 members (excludes halogenated alkanes) is 5. The van der Waals surface area contributed by atoms with E-state index in [1.807, 2.05) is 6.92 Å². The minimum absolute atomic E-state index is 0.252. The molecule has 1 rings (SSSR count). The summed E-state index contributed by atoms with van der Waals surface area (Å²) in [5.74, 6) is 1.23. The van der Waals surface area contributed by atoms with Crippen molar-refractivity contribution in [3.63, 3.8) is 0 Å². The molecule has 1 heterocycles. The molecule has 1 N–H and O–H groups in total. The molecule has 0 spiro atoms. The van der Waals surface area contributed by atoms with Gasteiger partial charge in [0.05, 0.1) is 10.8 Å². The van der Waals surface area contributed by atoms with Gasteiger partial charge in [0.15, 0.2) is 0 Å². The summed E-state index contributed by atoms with van der Waals surface area (Å²) >= 11 is 0. The number of hydrogen-bond acceptors (Lipinski definition) is 2. The summed E-state index contributed by atoms with van der Waals surface area (Å²) in [6.07, 6.45) is 12.3. The zero-order valence-electron chi connectivity index (χ0n) is 14.1. The van der Waals surface area contributed by atoms with Gasteiger partial charge >= 0.3 is 0 Å². The first kappa shape index (κ1) is 18.2. The van der Waals surface area contributed by atoms with Crippen LogP contribution in [0.3, 0.4) is 0 Å². The molecule has 0 aliphatic carbocycles. The summed E-state index contributed by atoms with van der Waals surface area (Å²) in [7, 11) is 0.904. The zero-order chi connectivity index (χ0) is 15.1. The van der Waals surface area contributed by atoms with E-state index in [1.165, 1.54) is 50.9 Å². The first-order chi connectivity index (χ1) is 9.44. The highest BCUT2D eigenvalue weighted by Crippen LogP contribution is 2.40. The Bertz CT molecular complexity index is 260. The lowest BCUT2D eigenvalue weighted by Crippen LogP contribution is -2.58. The lowest BCUT2D eigenvalue weighted by molar-refractivity contribution is -0.139. The molecule has 119 valence electrons. The number of ether oxygens (including phenoxy) is 1. The van der Waals surface area contributed by atoms with Gasteiger partial charge in [-0.1, -0.05) is 52.4 Å². The molecule has 0 saturated carbocycles. The monoisotopic (exact) mass is 299 g/mol. The first-order valence-corrected chi connectivity index (χ1v) is 9.63. The number of hydrogen-bond donors (Lipinski definition) is 1. The Labute approximate surface area is 129 Å². The van der Waals surface area contributed by atoms with Gasteiger partial charge in [-0.25, -0.2) is 0 Å². The van der Waals surface area contributed by atoms with Gasteiger partial charge < -0.3 is 9.84 Å². The summed E-state index contributed by atoms with van der Waals surface area (Å²) in [5, 5.41) is 10.7. The summed E-state index contributed by atoms with van der Waals surface area (Å²) in [5.41, 5.74) is -0.733. The lowest BCUT2D eigenvalue weighted by Gasteiger charge is -2.48. The maximum Gasteiger partial charge on any atom is 0.0927 e. The SMILES string of the molecule is CCCCCCCC[C](C)C(C)(O)C1([SiH3])CCCCO1. The first-order valence-electron chi connectivity index (χ1n) is 8.63. The van der Waals surface area contributed by atoms with E-state index in [1.54, 1.807) is 0 Å². The molecule has 2 atom stereocenters. The second-order valence-electron chi connectivity index (χ2n) is 6.91. The second-order valence-corrected chi connectivity index (χ2v) is 8.52. The average Bonchev–Trinajstić information content (AvgIpc) is 2.43. The molecule has 1 saturated heterocycles. The van der Waals surface area contributed by atoms with Crippen LogP contribution in [0.2, 0.25) is 0 Å². The van der Waals surface area contributed by atoms with Crippen molar-refractivity contribution in [2.24, 2.45) is 0 Å². The normalized spacial score (nSPS) is 26.9. The Morgan fingerprint density at radius 2 is 1.85 bits per heavy atom. The van der Waals surface area contributed by atoms with Gasteiger partial charge in [0, 0.05) is 22.8 Å². The molecule has 1 aliphatic rings. The Kier molecular flexibility index (Phi) is 7.77. The van der Waals surface area contributed by atoms with Gasteiger partial charge in [0.2, 0.25) is 0 Å². The standard InChI is InChI=1S/C17H35O2Si/c1-4-5-6-7-8-9-12-15(2)16(3,18)17(20)13-10-11-14-19-17/h18H,4-14H2,1-3,20H3. The van der Waals surface area contributed by atoms with E-state index in [0.717, 1.165) is 36.1 Å². The van der Waals surface area contributed by atoms with E-state index in [2.05, 4.69) is 13.8 Å². The van der Waals surface area contributed by atoms with Gasteiger partial charge in [-0.2, -0.15) is 0 Å². The van der Waals surface area contributed by atoms with Crippen LogP contribution in [-0.2, 0) is 4.74 Å². The zero-order valence-corrected chi connectivity index (χ0v) is 16.1. The van der Waals surface area contributed by atoms with Crippen LogP contribution in [0.25, 0.3) is 0 Å². The molecular weight excluding hydrogens is 264 g/mol. The van der Waals surface area contributed by atoms with Crippen LogP contribution in [0.4, 0.5) is 0 Å². The van der Waals surface area contributed by atoms with Crippen molar-refractivity contribution in [2.75, 3.05) is 6.61 Å². The van der Waals surface area contributed by atoms with Crippen LogP contribution in [-0.4, -0.2) is 32.8 Å². The number of aliphatic hydroxyl groups is 1. The molecule has 0 aromatic rings. The molecular formula is C17H35O2Si. The van der Waals surface area contributed by atoms with Crippen LogP contribution in [0.5, 0.6) is 0 Å². The van der Waals surface area contributed by atoms with E-state index >= 15 is 0 Å². The molecule has 0 amide bonds. The minimum atomic E-state index is -0.733. The Morgan fingerprint density at radius 3 is 2.45 bits per heavy atom. The molecule has 0 aromatic heterocycles. The molecule has 20 heavy (non-hydrogen) atoms. The minimum Gasteiger partial charge on any atom is -0.387 e. The third-order valence-electron chi connectivity index (χ3n) is 5.23. The topological polar surface area (TPSA) is 29.5 Å². The van der Waals surface area contributed by atoms with E-state index in [4.69, 9.17) is 4.74 Å². The smallest absolute Gasteiger partial charge is 0.0927 e. The molecule has 2 unspecified atom stereocenters. The van der Waals surface area contributed by atoms with Crippen LogP contribution in [0.1, 0.15) is 85.0 Å². The second kappa shape index (κ2) is 8.55. The van der Waals surface area contributed by atoms with E-state index in [0.29, 0.717) is 0 Å². The van der Waals surface area contributed by atoms with Crippen LogP contribution in [0.15, 0.2) is 0 Å². The fourth-order valence-electron chi connectivity index (χ4n) is 3.18. The molecule has 1 aliphatic heterocycles. The molecule has 3 heteroatoms. The lowest BCUT2D eigenvalue weighted by atomic mass is 9.79. The third kappa shape index (κ3) is 4.85. The van der Waals surface area contributed by atoms with Gasteiger partial charge in [-0.3, -0.25) is 0 Å². The van der Waals surface area contributed by atoms with E-state index in [-0.39, 0.29) is 5.22 Å². The maximum absolute atomic E-state index is 11.0. The van der Waals surface area contributed by atoms with Crippen molar-refractivity contribution in [2.45, 2.75) is 95.8 Å². The van der Waals surface area contributed by atoms with Gasteiger partial charge in [-0.15, -0.1) is 0 Å². The predicted octanol–water partition coefficient (Wildman–Crippen LogP) is 3.34. The molecule has 0 aromatic carbocycles. The summed E-state index contributed by atoms with van der Waals surface area (Å²) in [6, 6.07) is 0. The Morgan fingerprint density at radius 1 is 1.20 bits per heavy atom. The molecule has 0 bridgehead atoms.